The Morgan fingerprint density at radius 1 is 1.10 bits per heavy atom. The number of nitrogen functional groups attached to an aromatic ring is 1. The maximum atomic E-state index is 12.1. The zero-order valence-corrected chi connectivity index (χ0v) is 11.2. The van der Waals surface area contributed by atoms with Gasteiger partial charge in [-0.3, -0.25) is 9.59 Å². The second-order valence-electron chi connectivity index (χ2n) is 4.32. The lowest BCUT2D eigenvalue weighted by molar-refractivity contribution is -0.119. The topological polar surface area (TPSA) is 107 Å². The second-order valence-corrected chi connectivity index (χ2v) is 4.32. The molecule has 0 saturated heterocycles. The number of hydrogen-bond acceptors (Lipinski definition) is 4. The van der Waals surface area contributed by atoms with Gasteiger partial charge < -0.3 is 21.5 Å². The molecule has 108 valence electrons. The molecule has 0 aromatic heterocycles. The summed E-state index contributed by atoms with van der Waals surface area (Å²) in [5, 5.41) is 2.71. The summed E-state index contributed by atoms with van der Waals surface area (Å²) < 4.78 is 5.17. The van der Waals surface area contributed by atoms with Gasteiger partial charge in [-0.2, -0.15) is 0 Å². The van der Waals surface area contributed by atoms with Crippen LogP contribution in [0.5, 0.6) is 5.75 Å². The molecule has 6 heteroatoms. The Labute approximate surface area is 121 Å². The highest BCUT2D eigenvalue weighted by Gasteiger charge is 2.09. The lowest BCUT2D eigenvalue weighted by atomic mass is 10.1. The molecule has 0 saturated carbocycles. The summed E-state index contributed by atoms with van der Waals surface area (Å²) in [7, 11) is 0. The van der Waals surface area contributed by atoms with Crippen molar-refractivity contribution in [2.24, 2.45) is 5.73 Å². The number of primary amides is 1. The highest BCUT2D eigenvalue weighted by Crippen LogP contribution is 2.19. The molecule has 21 heavy (non-hydrogen) atoms. The van der Waals surface area contributed by atoms with E-state index in [0.29, 0.717) is 22.7 Å². The average Bonchev–Trinajstić information content (AvgIpc) is 2.46. The molecule has 0 spiro atoms. The Kier molecular flexibility index (Phi) is 4.40. The van der Waals surface area contributed by atoms with Crippen LogP contribution in [0.25, 0.3) is 0 Å². The van der Waals surface area contributed by atoms with E-state index < -0.39 is 5.91 Å². The van der Waals surface area contributed by atoms with Crippen molar-refractivity contribution >= 4 is 23.2 Å². The quantitative estimate of drug-likeness (QED) is 0.721. The number of ether oxygens (including phenoxy) is 1. The Hall–Kier alpha value is -3.02. The van der Waals surface area contributed by atoms with E-state index in [2.05, 4.69) is 5.32 Å². The van der Waals surface area contributed by atoms with Crippen LogP contribution in [0.4, 0.5) is 11.4 Å². The summed E-state index contributed by atoms with van der Waals surface area (Å²) in [6, 6.07) is 13.4. The molecule has 0 aliphatic heterocycles. The summed E-state index contributed by atoms with van der Waals surface area (Å²) in [5.74, 6) is -0.450. The summed E-state index contributed by atoms with van der Waals surface area (Å²) >= 11 is 0. The Bertz CT molecular complexity index is 671. The minimum Gasteiger partial charge on any atom is -0.484 e. The van der Waals surface area contributed by atoms with E-state index >= 15 is 0 Å². The van der Waals surface area contributed by atoms with Crippen molar-refractivity contribution in [1.82, 2.24) is 0 Å². The number of rotatable bonds is 5. The van der Waals surface area contributed by atoms with Crippen LogP contribution in [0.2, 0.25) is 0 Å². The zero-order valence-electron chi connectivity index (χ0n) is 11.2. The van der Waals surface area contributed by atoms with Crippen LogP contribution < -0.4 is 21.5 Å². The normalized spacial score (nSPS) is 9.90. The molecule has 0 bridgehead atoms. The van der Waals surface area contributed by atoms with Gasteiger partial charge in [0.2, 0.25) is 0 Å². The summed E-state index contributed by atoms with van der Waals surface area (Å²) in [6.07, 6.45) is 0. The van der Waals surface area contributed by atoms with Crippen molar-refractivity contribution in [2.75, 3.05) is 17.7 Å². The number of benzene rings is 2. The van der Waals surface area contributed by atoms with Crippen molar-refractivity contribution in [3.05, 3.63) is 54.1 Å². The molecule has 0 aliphatic carbocycles. The van der Waals surface area contributed by atoms with Crippen LogP contribution in [-0.4, -0.2) is 18.4 Å². The molecule has 0 fully saturated rings. The van der Waals surface area contributed by atoms with Gasteiger partial charge in [-0.1, -0.05) is 18.2 Å². The van der Waals surface area contributed by atoms with Crippen LogP contribution in [-0.2, 0) is 4.79 Å². The van der Waals surface area contributed by atoms with E-state index in [1.807, 2.05) is 0 Å². The Morgan fingerprint density at radius 2 is 1.86 bits per heavy atom. The fraction of sp³-hybridized carbons (Fsp3) is 0.0667. The van der Waals surface area contributed by atoms with Crippen molar-refractivity contribution in [1.29, 1.82) is 0 Å². The van der Waals surface area contributed by atoms with Crippen LogP contribution in [0, 0.1) is 0 Å². The maximum Gasteiger partial charge on any atom is 0.257 e. The third kappa shape index (κ3) is 3.97. The van der Waals surface area contributed by atoms with Crippen LogP contribution >= 0.6 is 0 Å². The molecular weight excluding hydrogens is 270 g/mol. The summed E-state index contributed by atoms with van der Waals surface area (Å²) in [4.78, 5) is 22.8. The van der Waals surface area contributed by atoms with Gasteiger partial charge in [-0.15, -0.1) is 0 Å². The van der Waals surface area contributed by atoms with E-state index in [0.717, 1.165) is 0 Å². The van der Waals surface area contributed by atoms with Crippen molar-refractivity contribution < 1.29 is 14.3 Å². The molecule has 2 aromatic rings. The smallest absolute Gasteiger partial charge is 0.257 e. The van der Waals surface area contributed by atoms with E-state index in [-0.39, 0.29) is 12.5 Å². The van der Waals surface area contributed by atoms with Gasteiger partial charge in [0.15, 0.2) is 6.61 Å². The van der Waals surface area contributed by atoms with Gasteiger partial charge in [0.05, 0.1) is 5.56 Å². The minimum atomic E-state index is -0.568. The van der Waals surface area contributed by atoms with E-state index in [4.69, 9.17) is 16.2 Å². The van der Waals surface area contributed by atoms with Gasteiger partial charge in [0.1, 0.15) is 5.75 Å². The lowest BCUT2D eigenvalue weighted by Crippen LogP contribution is -2.20. The average molecular weight is 285 g/mol. The van der Waals surface area contributed by atoms with Crippen molar-refractivity contribution in [3.63, 3.8) is 0 Å². The third-order valence-electron chi connectivity index (χ3n) is 2.68. The number of anilines is 2. The molecule has 2 aromatic carbocycles. The molecule has 6 nitrogen and oxygen atoms in total. The van der Waals surface area contributed by atoms with Gasteiger partial charge in [0, 0.05) is 17.4 Å². The van der Waals surface area contributed by atoms with Crippen LogP contribution in [0.3, 0.4) is 0 Å². The molecule has 2 rings (SSSR count). The first-order valence-corrected chi connectivity index (χ1v) is 6.23. The first kappa shape index (κ1) is 14.4. The molecule has 0 aliphatic rings. The fourth-order valence-corrected chi connectivity index (χ4v) is 1.72. The van der Waals surface area contributed by atoms with Gasteiger partial charge in [-0.25, -0.2) is 0 Å². The third-order valence-corrected chi connectivity index (χ3v) is 2.68. The largest absolute Gasteiger partial charge is 0.484 e. The first-order valence-electron chi connectivity index (χ1n) is 6.23. The molecule has 2 amide bonds. The van der Waals surface area contributed by atoms with Gasteiger partial charge >= 0.3 is 0 Å². The second kappa shape index (κ2) is 6.42. The number of carbonyl (C=O) groups excluding carboxylic acids is 2. The molecular formula is C15H15N3O3. The predicted octanol–water partition coefficient (Wildman–Crippen LogP) is 1.39. The summed E-state index contributed by atoms with van der Waals surface area (Å²) in [5.41, 5.74) is 12.1. The molecule has 0 unspecified atom stereocenters. The maximum absolute atomic E-state index is 12.1. The summed E-state index contributed by atoms with van der Waals surface area (Å²) in [6.45, 7) is -0.219. The van der Waals surface area contributed by atoms with Crippen molar-refractivity contribution in [2.45, 2.75) is 0 Å². The number of hydrogen-bond donors (Lipinski definition) is 3. The standard InChI is InChI=1S/C15H15N3O3/c16-13-7-2-1-6-12(13)15(20)18-10-4-3-5-11(8-10)21-9-14(17)19/h1-8H,9,16H2,(H2,17,19)(H,18,20). The van der Waals surface area contributed by atoms with Crippen LogP contribution in [0.15, 0.2) is 48.5 Å². The minimum absolute atomic E-state index is 0.219. The fourth-order valence-electron chi connectivity index (χ4n) is 1.72. The molecule has 0 atom stereocenters. The van der Waals surface area contributed by atoms with Crippen molar-refractivity contribution in [3.8, 4) is 5.75 Å². The van der Waals surface area contributed by atoms with E-state index in [1.54, 1.807) is 48.5 Å². The monoisotopic (exact) mass is 285 g/mol. The zero-order chi connectivity index (χ0) is 15.2. The van der Waals surface area contributed by atoms with E-state index in [9.17, 15) is 9.59 Å². The van der Waals surface area contributed by atoms with Gasteiger partial charge in [0.25, 0.3) is 11.8 Å². The van der Waals surface area contributed by atoms with Gasteiger partial charge in [-0.05, 0) is 24.3 Å². The number of amides is 2. The molecule has 0 radical (unpaired) electrons. The predicted molar refractivity (Wildman–Crippen MR) is 79.9 cm³/mol. The first-order chi connectivity index (χ1) is 10.1. The highest BCUT2D eigenvalue weighted by molar-refractivity contribution is 6.07. The Balaban J connectivity index is 2.09. The molecule has 5 N–H and O–H groups in total. The lowest BCUT2D eigenvalue weighted by Gasteiger charge is -2.09. The number of para-hydroxylation sites is 1. The number of nitrogens with two attached hydrogens (primary N) is 2. The molecule has 0 heterocycles. The van der Waals surface area contributed by atoms with E-state index in [1.165, 1.54) is 0 Å². The highest BCUT2D eigenvalue weighted by atomic mass is 16.5. The SMILES string of the molecule is NC(=O)COc1cccc(NC(=O)c2ccccc2N)c1. The number of nitrogens with one attached hydrogen (secondary N) is 1. The number of carbonyl (C=O) groups is 2. The van der Waals surface area contributed by atoms with Crippen LogP contribution in [0.1, 0.15) is 10.4 Å². The Morgan fingerprint density at radius 3 is 2.57 bits per heavy atom.